The van der Waals surface area contributed by atoms with Gasteiger partial charge in [-0.15, -0.1) is 0 Å². The number of carbonyl (C=O) groups excluding carboxylic acids is 1. The third-order valence-corrected chi connectivity index (χ3v) is 4.71. The van der Waals surface area contributed by atoms with Crippen molar-refractivity contribution in [2.24, 2.45) is 17.6 Å². The predicted octanol–water partition coefficient (Wildman–Crippen LogP) is 1.99. The van der Waals surface area contributed by atoms with E-state index in [0.717, 1.165) is 12.5 Å². The van der Waals surface area contributed by atoms with Crippen LogP contribution in [-0.4, -0.2) is 17.4 Å². The van der Waals surface area contributed by atoms with Crippen molar-refractivity contribution in [2.45, 2.75) is 25.3 Å². The molecule has 1 amide bonds. The van der Waals surface area contributed by atoms with Crippen molar-refractivity contribution >= 4 is 17.0 Å². The average Bonchev–Trinajstić information content (AvgIpc) is 3.11. The number of para-hydroxylation sites is 1. The van der Waals surface area contributed by atoms with E-state index in [-0.39, 0.29) is 6.04 Å². The van der Waals surface area contributed by atoms with E-state index in [2.05, 4.69) is 10.3 Å². The Kier molecular flexibility index (Phi) is 2.57. The normalized spacial score (nSPS) is 28.9. The van der Waals surface area contributed by atoms with Crippen LogP contribution in [0.3, 0.4) is 0 Å². The van der Waals surface area contributed by atoms with Crippen LogP contribution in [-0.2, 0) is 0 Å². The number of nitrogens with two attached hydrogens (primary N) is 1. The molecule has 1 aromatic heterocycles. The molecule has 1 saturated carbocycles. The van der Waals surface area contributed by atoms with Gasteiger partial charge in [0.05, 0.1) is 11.6 Å². The number of hydrogen-bond acceptors (Lipinski definition) is 4. The van der Waals surface area contributed by atoms with Crippen molar-refractivity contribution in [1.82, 2.24) is 10.3 Å². The first-order valence-electron chi connectivity index (χ1n) is 7.16. The van der Waals surface area contributed by atoms with Crippen molar-refractivity contribution in [1.29, 1.82) is 0 Å². The molecule has 20 heavy (non-hydrogen) atoms. The van der Waals surface area contributed by atoms with E-state index in [9.17, 15) is 4.79 Å². The van der Waals surface area contributed by atoms with Crippen LogP contribution in [0.25, 0.3) is 11.1 Å². The van der Waals surface area contributed by atoms with Gasteiger partial charge in [0, 0.05) is 0 Å². The molecule has 1 aliphatic carbocycles. The fourth-order valence-electron chi connectivity index (χ4n) is 3.75. The maximum atomic E-state index is 11.4. The van der Waals surface area contributed by atoms with Gasteiger partial charge in [-0.25, -0.2) is 4.98 Å². The zero-order valence-corrected chi connectivity index (χ0v) is 11.1. The number of benzene rings is 1. The monoisotopic (exact) mass is 271 g/mol. The Morgan fingerprint density at radius 3 is 3.15 bits per heavy atom. The minimum atomic E-state index is -0.476. The van der Waals surface area contributed by atoms with Gasteiger partial charge in [0.15, 0.2) is 5.58 Å². The molecule has 0 bridgehead atoms. The molecule has 3 unspecified atom stereocenters. The van der Waals surface area contributed by atoms with Crippen LogP contribution < -0.4 is 11.1 Å². The molecule has 0 radical (unpaired) electrons. The van der Waals surface area contributed by atoms with Gasteiger partial charge in [-0.05, 0) is 43.4 Å². The van der Waals surface area contributed by atoms with Crippen LogP contribution in [0, 0.1) is 11.8 Å². The van der Waals surface area contributed by atoms with Crippen molar-refractivity contribution in [2.75, 3.05) is 6.54 Å². The summed E-state index contributed by atoms with van der Waals surface area (Å²) in [7, 11) is 0. The highest BCUT2D eigenvalue weighted by atomic mass is 16.4. The number of oxazole rings is 1. The number of primary amides is 1. The highest BCUT2D eigenvalue weighted by molar-refractivity contribution is 6.03. The number of rotatable bonds is 2. The van der Waals surface area contributed by atoms with Crippen LogP contribution in [0.1, 0.15) is 41.6 Å². The number of amides is 1. The zero-order valence-electron chi connectivity index (χ0n) is 11.1. The SMILES string of the molecule is NC(=O)c1cccc2nc(C3NCC4CCCC43)oc12. The van der Waals surface area contributed by atoms with Gasteiger partial charge >= 0.3 is 0 Å². The van der Waals surface area contributed by atoms with E-state index in [0.29, 0.717) is 28.5 Å². The third kappa shape index (κ3) is 1.66. The Labute approximate surface area is 116 Å². The molecular formula is C15H17N3O2. The lowest BCUT2D eigenvalue weighted by Crippen LogP contribution is -2.17. The summed E-state index contributed by atoms with van der Waals surface area (Å²) in [5.41, 5.74) is 7.01. The maximum absolute atomic E-state index is 11.4. The molecule has 2 aromatic rings. The molecule has 1 aliphatic heterocycles. The molecule has 1 aromatic carbocycles. The van der Waals surface area contributed by atoms with Gasteiger partial charge < -0.3 is 15.5 Å². The van der Waals surface area contributed by atoms with E-state index in [4.69, 9.17) is 10.2 Å². The topological polar surface area (TPSA) is 81.2 Å². The lowest BCUT2D eigenvalue weighted by molar-refractivity contribution is 0.100. The second kappa shape index (κ2) is 4.31. The standard InChI is InChI=1S/C15H17N3O2/c16-14(19)10-5-2-6-11-13(10)20-15(18-11)12-9-4-1-3-8(9)7-17-12/h2,5-6,8-9,12,17H,1,3-4,7H2,(H2,16,19). The highest BCUT2D eigenvalue weighted by Crippen LogP contribution is 2.44. The minimum absolute atomic E-state index is 0.177. The van der Waals surface area contributed by atoms with Gasteiger partial charge in [-0.3, -0.25) is 4.79 Å². The lowest BCUT2D eigenvalue weighted by atomic mass is 9.94. The summed E-state index contributed by atoms with van der Waals surface area (Å²) in [5.74, 6) is 1.57. The number of hydrogen-bond donors (Lipinski definition) is 2. The van der Waals surface area contributed by atoms with Gasteiger partial charge in [-0.2, -0.15) is 0 Å². The van der Waals surface area contributed by atoms with Gasteiger partial charge in [-0.1, -0.05) is 12.5 Å². The van der Waals surface area contributed by atoms with Gasteiger partial charge in [0.1, 0.15) is 5.52 Å². The fourth-order valence-corrected chi connectivity index (χ4v) is 3.75. The Balaban J connectivity index is 1.78. The Morgan fingerprint density at radius 2 is 2.30 bits per heavy atom. The molecule has 1 saturated heterocycles. The predicted molar refractivity (Wildman–Crippen MR) is 74.1 cm³/mol. The summed E-state index contributed by atoms with van der Waals surface area (Å²) >= 11 is 0. The number of carbonyl (C=O) groups is 1. The van der Waals surface area contributed by atoms with Crippen molar-refractivity contribution in [3.63, 3.8) is 0 Å². The van der Waals surface area contributed by atoms with Crippen LogP contribution in [0.4, 0.5) is 0 Å². The molecule has 2 aliphatic rings. The minimum Gasteiger partial charge on any atom is -0.438 e. The van der Waals surface area contributed by atoms with Crippen LogP contribution in [0.5, 0.6) is 0 Å². The second-order valence-electron chi connectivity index (χ2n) is 5.81. The molecule has 5 nitrogen and oxygen atoms in total. The van der Waals surface area contributed by atoms with Gasteiger partial charge in [0.2, 0.25) is 5.89 Å². The molecular weight excluding hydrogens is 254 g/mol. The summed E-state index contributed by atoms with van der Waals surface area (Å²) in [4.78, 5) is 16.0. The van der Waals surface area contributed by atoms with Crippen LogP contribution in [0.2, 0.25) is 0 Å². The Bertz CT molecular complexity index is 679. The highest BCUT2D eigenvalue weighted by Gasteiger charge is 2.42. The number of fused-ring (bicyclic) bond motifs is 2. The molecule has 2 heterocycles. The van der Waals surface area contributed by atoms with Crippen molar-refractivity contribution in [3.8, 4) is 0 Å². The number of nitrogens with zero attached hydrogens (tertiary/aromatic N) is 1. The summed E-state index contributed by atoms with van der Waals surface area (Å²) in [5, 5.41) is 3.51. The molecule has 2 fully saturated rings. The van der Waals surface area contributed by atoms with Crippen molar-refractivity contribution in [3.05, 3.63) is 29.7 Å². The summed E-state index contributed by atoms with van der Waals surface area (Å²) < 4.78 is 5.88. The third-order valence-electron chi connectivity index (χ3n) is 4.71. The Hall–Kier alpha value is -1.88. The first kappa shape index (κ1) is 11.9. The molecule has 3 atom stereocenters. The maximum Gasteiger partial charge on any atom is 0.252 e. The first-order valence-corrected chi connectivity index (χ1v) is 7.16. The molecule has 4 rings (SSSR count). The van der Waals surface area contributed by atoms with E-state index in [1.165, 1.54) is 19.3 Å². The van der Waals surface area contributed by atoms with E-state index < -0.39 is 5.91 Å². The zero-order chi connectivity index (χ0) is 13.7. The molecule has 5 heteroatoms. The van der Waals surface area contributed by atoms with Crippen LogP contribution in [0.15, 0.2) is 22.6 Å². The molecule has 3 N–H and O–H groups in total. The van der Waals surface area contributed by atoms with Crippen molar-refractivity contribution < 1.29 is 9.21 Å². The Morgan fingerprint density at radius 1 is 1.40 bits per heavy atom. The van der Waals surface area contributed by atoms with E-state index in [1.807, 2.05) is 6.07 Å². The van der Waals surface area contributed by atoms with Crippen LogP contribution >= 0.6 is 0 Å². The van der Waals surface area contributed by atoms with E-state index >= 15 is 0 Å². The molecule has 0 spiro atoms. The average molecular weight is 271 g/mol. The molecule has 104 valence electrons. The number of nitrogens with one attached hydrogen (secondary N) is 1. The summed E-state index contributed by atoms with van der Waals surface area (Å²) in [6.07, 6.45) is 3.81. The second-order valence-corrected chi connectivity index (χ2v) is 5.81. The lowest BCUT2D eigenvalue weighted by Gasteiger charge is -2.13. The smallest absolute Gasteiger partial charge is 0.252 e. The first-order chi connectivity index (χ1) is 9.74. The number of aromatic nitrogens is 1. The van der Waals surface area contributed by atoms with Gasteiger partial charge in [0.25, 0.3) is 5.91 Å². The largest absolute Gasteiger partial charge is 0.438 e. The quantitative estimate of drug-likeness (QED) is 0.875. The fraction of sp³-hybridized carbons (Fsp3) is 0.467. The summed E-state index contributed by atoms with van der Waals surface area (Å²) in [6.45, 7) is 1.04. The summed E-state index contributed by atoms with van der Waals surface area (Å²) in [6, 6.07) is 5.50. The van der Waals surface area contributed by atoms with E-state index in [1.54, 1.807) is 12.1 Å².